The third-order valence-corrected chi connectivity index (χ3v) is 2.23. The Labute approximate surface area is 110 Å². The van der Waals surface area contributed by atoms with Crippen LogP contribution in [0.1, 0.15) is 47.5 Å². The first-order valence-corrected chi connectivity index (χ1v) is 6.46. The highest BCUT2D eigenvalue weighted by atomic mass is 16.2. The van der Waals surface area contributed by atoms with Crippen LogP contribution in [0.5, 0.6) is 0 Å². The van der Waals surface area contributed by atoms with Crippen molar-refractivity contribution in [1.29, 1.82) is 0 Å². The zero-order chi connectivity index (χ0) is 14.3. The van der Waals surface area contributed by atoms with E-state index in [-0.39, 0.29) is 23.8 Å². The van der Waals surface area contributed by atoms with Crippen molar-refractivity contribution < 1.29 is 9.59 Å². The van der Waals surface area contributed by atoms with Crippen LogP contribution in [-0.4, -0.2) is 29.9 Å². The summed E-state index contributed by atoms with van der Waals surface area (Å²) in [5, 5.41) is 5.51. The summed E-state index contributed by atoms with van der Waals surface area (Å²) in [6, 6.07) is -0.490. The molecule has 0 aromatic carbocycles. The van der Waals surface area contributed by atoms with E-state index >= 15 is 0 Å². The van der Waals surface area contributed by atoms with E-state index in [2.05, 4.69) is 10.6 Å². The van der Waals surface area contributed by atoms with Crippen LogP contribution in [0.4, 0.5) is 0 Å². The van der Waals surface area contributed by atoms with E-state index in [0.717, 1.165) is 0 Å². The van der Waals surface area contributed by atoms with E-state index < -0.39 is 6.04 Å². The number of carbonyl (C=O) groups excluding carboxylic acids is 2. The third kappa shape index (κ3) is 8.98. The van der Waals surface area contributed by atoms with Crippen molar-refractivity contribution in [2.45, 2.75) is 59.0 Å². The Hall–Kier alpha value is -1.10. The van der Waals surface area contributed by atoms with Crippen molar-refractivity contribution in [1.82, 2.24) is 10.6 Å². The lowest BCUT2D eigenvalue weighted by molar-refractivity contribution is -0.123. The molecule has 2 amide bonds. The fourth-order valence-electron chi connectivity index (χ4n) is 1.53. The van der Waals surface area contributed by atoms with Gasteiger partial charge in [0, 0.05) is 18.5 Å². The van der Waals surface area contributed by atoms with Gasteiger partial charge in [-0.3, -0.25) is 9.59 Å². The van der Waals surface area contributed by atoms with Crippen molar-refractivity contribution in [3.8, 4) is 0 Å². The third-order valence-electron chi connectivity index (χ3n) is 2.23. The second-order valence-corrected chi connectivity index (χ2v) is 6.08. The molecule has 4 N–H and O–H groups in total. The van der Waals surface area contributed by atoms with Gasteiger partial charge >= 0.3 is 0 Å². The number of amides is 2. The van der Waals surface area contributed by atoms with Crippen molar-refractivity contribution >= 4 is 11.8 Å². The fourth-order valence-corrected chi connectivity index (χ4v) is 1.53. The lowest BCUT2D eigenvalue weighted by Gasteiger charge is -2.20. The largest absolute Gasteiger partial charge is 0.354 e. The van der Waals surface area contributed by atoms with E-state index in [1.165, 1.54) is 0 Å². The van der Waals surface area contributed by atoms with Gasteiger partial charge in [0.15, 0.2) is 0 Å². The average molecular weight is 257 g/mol. The molecule has 5 nitrogen and oxygen atoms in total. The first-order valence-electron chi connectivity index (χ1n) is 6.46. The topological polar surface area (TPSA) is 84.2 Å². The molecular formula is C13H27N3O2. The van der Waals surface area contributed by atoms with Crippen molar-refractivity contribution in [2.24, 2.45) is 11.7 Å². The molecule has 5 heteroatoms. The van der Waals surface area contributed by atoms with E-state index in [0.29, 0.717) is 18.9 Å². The number of hydrogen-bond donors (Lipinski definition) is 3. The molecule has 0 radical (unpaired) electrons. The highest BCUT2D eigenvalue weighted by Crippen LogP contribution is 2.02. The molecule has 0 bridgehead atoms. The smallest absolute Gasteiger partial charge is 0.236 e. The number of nitrogens with two attached hydrogens (primary N) is 1. The number of hydrogen-bond acceptors (Lipinski definition) is 3. The zero-order valence-corrected chi connectivity index (χ0v) is 12.2. The first kappa shape index (κ1) is 16.9. The summed E-state index contributed by atoms with van der Waals surface area (Å²) in [7, 11) is 0. The van der Waals surface area contributed by atoms with Crippen molar-refractivity contribution in [3.63, 3.8) is 0 Å². The number of rotatable bonds is 6. The van der Waals surface area contributed by atoms with Crippen LogP contribution >= 0.6 is 0 Å². The number of nitrogens with one attached hydrogen (secondary N) is 2. The molecule has 0 rings (SSSR count). The molecule has 18 heavy (non-hydrogen) atoms. The molecule has 0 saturated heterocycles. The van der Waals surface area contributed by atoms with Crippen LogP contribution in [0.15, 0.2) is 0 Å². The molecule has 0 unspecified atom stereocenters. The summed E-state index contributed by atoms with van der Waals surface area (Å²) in [5.41, 5.74) is 5.48. The second kappa shape index (κ2) is 7.36. The minimum absolute atomic E-state index is 0.0692. The Morgan fingerprint density at radius 1 is 1.22 bits per heavy atom. The highest BCUT2D eigenvalue weighted by molar-refractivity contribution is 5.82. The molecular weight excluding hydrogens is 230 g/mol. The van der Waals surface area contributed by atoms with E-state index in [1.807, 2.05) is 34.6 Å². The van der Waals surface area contributed by atoms with Gasteiger partial charge in [0.1, 0.15) is 0 Å². The van der Waals surface area contributed by atoms with Crippen LogP contribution in [0, 0.1) is 5.92 Å². The SMILES string of the molecule is CC(C)C[C@H](N)C(=O)NCCC(=O)NC(C)(C)C. The molecule has 0 fully saturated rings. The highest BCUT2D eigenvalue weighted by Gasteiger charge is 2.16. The summed E-state index contributed by atoms with van der Waals surface area (Å²) >= 11 is 0. The van der Waals surface area contributed by atoms with Gasteiger partial charge in [-0.2, -0.15) is 0 Å². The van der Waals surface area contributed by atoms with Crippen molar-refractivity contribution in [2.75, 3.05) is 6.54 Å². The molecule has 1 atom stereocenters. The minimum Gasteiger partial charge on any atom is -0.354 e. The average Bonchev–Trinajstić information content (AvgIpc) is 2.13. The Bertz CT molecular complexity index is 282. The van der Waals surface area contributed by atoms with Gasteiger partial charge in [0.25, 0.3) is 0 Å². The van der Waals surface area contributed by atoms with Crippen LogP contribution in [0.3, 0.4) is 0 Å². The summed E-state index contributed by atoms with van der Waals surface area (Å²) < 4.78 is 0. The van der Waals surface area contributed by atoms with E-state index in [9.17, 15) is 9.59 Å². The standard InChI is InChI=1S/C13H27N3O2/c1-9(2)8-10(14)12(18)15-7-6-11(17)16-13(3,4)5/h9-10H,6-8,14H2,1-5H3,(H,15,18)(H,16,17)/t10-/m0/s1. The monoisotopic (exact) mass is 257 g/mol. The van der Waals surface area contributed by atoms with E-state index in [4.69, 9.17) is 5.73 Å². The quantitative estimate of drug-likeness (QED) is 0.657. The molecule has 0 heterocycles. The molecule has 0 spiro atoms. The van der Waals surface area contributed by atoms with Crippen LogP contribution < -0.4 is 16.4 Å². The first-order chi connectivity index (χ1) is 8.11. The predicted octanol–water partition coefficient (Wildman–Crippen LogP) is 0.781. The lowest BCUT2D eigenvalue weighted by Crippen LogP contribution is -2.44. The maximum atomic E-state index is 11.6. The fraction of sp³-hybridized carbons (Fsp3) is 0.846. The second-order valence-electron chi connectivity index (χ2n) is 6.08. The lowest BCUT2D eigenvalue weighted by atomic mass is 10.0. The van der Waals surface area contributed by atoms with Gasteiger partial charge in [-0.1, -0.05) is 13.8 Å². The zero-order valence-electron chi connectivity index (χ0n) is 12.2. The summed E-state index contributed by atoms with van der Waals surface area (Å²) in [5.74, 6) is 0.127. The minimum atomic E-state index is -0.490. The van der Waals surface area contributed by atoms with Crippen LogP contribution in [-0.2, 0) is 9.59 Å². The maximum Gasteiger partial charge on any atom is 0.236 e. The van der Waals surface area contributed by atoms with Gasteiger partial charge in [0.05, 0.1) is 6.04 Å². The van der Waals surface area contributed by atoms with Gasteiger partial charge in [-0.15, -0.1) is 0 Å². The van der Waals surface area contributed by atoms with Crippen LogP contribution in [0.2, 0.25) is 0 Å². The maximum absolute atomic E-state index is 11.6. The van der Waals surface area contributed by atoms with Gasteiger partial charge < -0.3 is 16.4 Å². The molecule has 0 aliphatic heterocycles. The summed E-state index contributed by atoms with van der Waals surface area (Å²) in [6.07, 6.45) is 0.928. The van der Waals surface area contributed by atoms with E-state index in [1.54, 1.807) is 0 Å². The predicted molar refractivity (Wildman–Crippen MR) is 73.0 cm³/mol. The summed E-state index contributed by atoms with van der Waals surface area (Å²) in [4.78, 5) is 23.1. The molecule has 0 aliphatic rings. The summed E-state index contributed by atoms with van der Waals surface area (Å²) in [6.45, 7) is 10.1. The Morgan fingerprint density at radius 3 is 2.22 bits per heavy atom. The Balaban J connectivity index is 3.84. The van der Waals surface area contributed by atoms with Crippen LogP contribution in [0.25, 0.3) is 0 Å². The van der Waals surface area contributed by atoms with Gasteiger partial charge in [-0.05, 0) is 33.1 Å². The number of carbonyl (C=O) groups is 2. The molecule has 0 aromatic heterocycles. The Morgan fingerprint density at radius 2 is 1.78 bits per heavy atom. The molecule has 0 saturated carbocycles. The van der Waals surface area contributed by atoms with Crippen molar-refractivity contribution in [3.05, 3.63) is 0 Å². The molecule has 0 aromatic rings. The van der Waals surface area contributed by atoms with Gasteiger partial charge in [0.2, 0.25) is 11.8 Å². The van der Waals surface area contributed by atoms with Gasteiger partial charge in [-0.25, -0.2) is 0 Å². The molecule has 0 aliphatic carbocycles. The Kier molecular flexibility index (Phi) is 6.91. The normalized spacial score (nSPS) is 13.3. The molecule has 106 valence electrons.